The van der Waals surface area contributed by atoms with Crippen LogP contribution < -0.4 is 5.73 Å². The average Bonchev–Trinajstić information content (AvgIpc) is 2.56. The van der Waals surface area contributed by atoms with Crippen molar-refractivity contribution in [3.05, 3.63) is 34.9 Å². The minimum Gasteiger partial charge on any atom is -0.342 e. The van der Waals surface area contributed by atoms with Gasteiger partial charge in [-0.3, -0.25) is 4.79 Å². The molecule has 2 aliphatic rings. The Morgan fingerprint density at radius 1 is 1.09 bits per heavy atom. The lowest BCUT2D eigenvalue weighted by Gasteiger charge is -2.42. The number of benzene rings is 1. The molecule has 2 N–H and O–H groups in total. The van der Waals surface area contributed by atoms with Gasteiger partial charge < -0.3 is 10.6 Å². The van der Waals surface area contributed by atoms with Crippen molar-refractivity contribution in [1.29, 1.82) is 0 Å². The Balaban J connectivity index is 0.00000192. The number of carbonyl (C=O) groups excluding carboxylic acids is 1. The Hall–Kier alpha value is -0.770. The molecular weight excluding hydrogens is 331 g/mol. The number of hydrogen-bond acceptors (Lipinski definition) is 2. The third-order valence-electron chi connectivity index (χ3n) is 5.34. The van der Waals surface area contributed by atoms with Crippen LogP contribution in [-0.4, -0.2) is 29.9 Å². The van der Waals surface area contributed by atoms with Crippen molar-refractivity contribution in [2.75, 3.05) is 13.1 Å². The molecule has 3 nitrogen and oxygen atoms in total. The third kappa shape index (κ3) is 3.84. The highest BCUT2D eigenvalue weighted by molar-refractivity contribution is 6.30. The van der Waals surface area contributed by atoms with E-state index in [1.165, 1.54) is 6.42 Å². The van der Waals surface area contributed by atoms with Gasteiger partial charge in [0.2, 0.25) is 5.91 Å². The smallest absolute Gasteiger partial charge is 0.233 e. The summed E-state index contributed by atoms with van der Waals surface area (Å²) < 4.78 is 0. The molecule has 1 aliphatic carbocycles. The molecule has 128 valence electrons. The van der Waals surface area contributed by atoms with Crippen LogP contribution in [0.15, 0.2) is 24.3 Å². The molecule has 1 saturated carbocycles. The maximum Gasteiger partial charge on any atom is 0.233 e. The first kappa shape index (κ1) is 18.6. The van der Waals surface area contributed by atoms with Crippen LogP contribution in [0.5, 0.6) is 0 Å². The second kappa shape index (κ2) is 7.87. The summed E-state index contributed by atoms with van der Waals surface area (Å²) in [5.74, 6) is 0.307. The molecule has 0 unspecified atom stereocenters. The van der Waals surface area contributed by atoms with Crippen LogP contribution in [0.2, 0.25) is 5.02 Å². The maximum atomic E-state index is 13.3. The van der Waals surface area contributed by atoms with Crippen LogP contribution in [0.3, 0.4) is 0 Å². The molecule has 23 heavy (non-hydrogen) atoms. The van der Waals surface area contributed by atoms with E-state index in [0.29, 0.717) is 5.91 Å². The van der Waals surface area contributed by atoms with Crippen LogP contribution in [0.25, 0.3) is 0 Å². The second-order valence-electron chi connectivity index (χ2n) is 6.78. The van der Waals surface area contributed by atoms with E-state index in [4.69, 9.17) is 17.3 Å². The number of nitrogens with two attached hydrogens (primary N) is 1. The van der Waals surface area contributed by atoms with E-state index in [-0.39, 0.29) is 23.9 Å². The predicted molar refractivity (Wildman–Crippen MR) is 97.3 cm³/mol. The molecule has 0 radical (unpaired) electrons. The van der Waals surface area contributed by atoms with Gasteiger partial charge in [0.15, 0.2) is 0 Å². The molecule has 1 aromatic carbocycles. The average molecular weight is 357 g/mol. The first-order valence-electron chi connectivity index (χ1n) is 8.43. The lowest BCUT2D eigenvalue weighted by molar-refractivity contribution is -0.140. The lowest BCUT2D eigenvalue weighted by Crippen LogP contribution is -2.52. The highest BCUT2D eigenvalue weighted by Gasteiger charge is 2.43. The van der Waals surface area contributed by atoms with Gasteiger partial charge in [0, 0.05) is 24.2 Å². The van der Waals surface area contributed by atoms with Crippen molar-refractivity contribution in [3.63, 3.8) is 0 Å². The van der Waals surface area contributed by atoms with E-state index in [2.05, 4.69) is 0 Å². The van der Waals surface area contributed by atoms with Gasteiger partial charge >= 0.3 is 0 Å². The number of amides is 1. The van der Waals surface area contributed by atoms with Crippen LogP contribution in [-0.2, 0) is 10.2 Å². The van der Waals surface area contributed by atoms with E-state index in [9.17, 15) is 4.79 Å². The summed E-state index contributed by atoms with van der Waals surface area (Å²) in [7, 11) is 0. The highest BCUT2D eigenvalue weighted by Crippen LogP contribution is 2.41. The molecule has 0 atom stereocenters. The zero-order chi connectivity index (χ0) is 15.6. The molecule has 1 aromatic rings. The molecule has 1 saturated heterocycles. The lowest BCUT2D eigenvalue weighted by atomic mass is 9.68. The van der Waals surface area contributed by atoms with E-state index in [0.717, 1.165) is 62.2 Å². The molecule has 0 bridgehead atoms. The number of nitrogens with zero attached hydrogens (tertiary/aromatic N) is 1. The number of piperidine rings is 1. The monoisotopic (exact) mass is 356 g/mol. The Morgan fingerprint density at radius 2 is 1.65 bits per heavy atom. The fraction of sp³-hybridized carbons (Fsp3) is 0.611. The van der Waals surface area contributed by atoms with Gasteiger partial charge in [0.05, 0.1) is 5.41 Å². The Labute approximate surface area is 150 Å². The Bertz CT molecular complexity index is 518. The molecule has 2 fully saturated rings. The second-order valence-corrected chi connectivity index (χ2v) is 7.22. The van der Waals surface area contributed by atoms with Crippen LogP contribution >= 0.6 is 24.0 Å². The summed E-state index contributed by atoms with van der Waals surface area (Å²) in [6, 6.07) is 8.16. The minimum absolute atomic E-state index is 0. The first-order chi connectivity index (χ1) is 10.6. The van der Waals surface area contributed by atoms with Gasteiger partial charge in [-0.25, -0.2) is 0 Å². The maximum absolute atomic E-state index is 13.3. The van der Waals surface area contributed by atoms with Gasteiger partial charge in [0.1, 0.15) is 0 Å². The van der Waals surface area contributed by atoms with E-state index in [1.807, 2.05) is 29.2 Å². The molecule has 0 aromatic heterocycles. The fourth-order valence-electron chi connectivity index (χ4n) is 3.96. The van der Waals surface area contributed by atoms with Crippen molar-refractivity contribution >= 4 is 29.9 Å². The largest absolute Gasteiger partial charge is 0.342 e. The highest BCUT2D eigenvalue weighted by atomic mass is 35.5. The Morgan fingerprint density at radius 3 is 2.22 bits per heavy atom. The van der Waals surface area contributed by atoms with Crippen molar-refractivity contribution in [1.82, 2.24) is 4.90 Å². The van der Waals surface area contributed by atoms with E-state index < -0.39 is 0 Å². The van der Waals surface area contributed by atoms with Gasteiger partial charge in [0.25, 0.3) is 0 Å². The topological polar surface area (TPSA) is 46.3 Å². The molecular formula is C18H26Cl2N2O. The molecule has 1 aliphatic heterocycles. The summed E-state index contributed by atoms with van der Waals surface area (Å²) in [5, 5.41) is 0.728. The van der Waals surface area contributed by atoms with Gasteiger partial charge in [-0.15, -0.1) is 12.4 Å². The van der Waals surface area contributed by atoms with Crippen LogP contribution in [0, 0.1) is 0 Å². The van der Waals surface area contributed by atoms with E-state index >= 15 is 0 Å². The number of carbonyl (C=O) groups is 1. The zero-order valence-electron chi connectivity index (χ0n) is 13.5. The minimum atomic E-state index is -0.343. The van der Waals surface area contributed by atoms with Crippen molar-refractivity contribution in [3.8, 4) is 0 Å². The first-order valence-corrected chi connectivity index (χ1v) is 8.81. The fourth-order valence-corrected chi connectivity index (χ4v) is 4.08. The molecule has 5 heteroatoms. The molecule has 0 spiro atoms. The summed E-state index contributed by atoms with van der Waals surface area (Å²) >= 11 is 6.03. The molecule has 1 heterocycles. The van der Waals surface area contributed by atoms with Crippen molar-refractivity contribution in [2.24, 2.45) is 5.73 Å². The van der Waals surface area contributed by atoms with Gasteiger partial charge in [-0.2, -0.15) is 0 Å². The zero-order valence-corrected chi connectivity index (χ0v) is 15.0. The summed E-state index contributed by atoms with van der Waals surface area (Å²) in [6.45, 7) is 1.60. The quantitative estimate of drug-likeness (QED) is 0.872. The molecule has 1 amide bonds. The number of rotatable bonds is 2. The van der Waals surface area contributed by atoms with E-state index in [1.54, 1.807) is 0 Å². The number of likely N-dealkylation sites (tertiary alicyclic amines) is 1. The van der Waals surface area contributed by atoms with Crippen LogP contribution in [0.4, 0.5) is 0 Å². The molecule has 3 rings (SSSR count). The summed E-state index contributed by atoms with van der Waals surface area (Å²) in [5.41, 5.74) is 6.78. The standard InChI is InChI=1S/C18H25ClN2O.ClH/c19-15-6-4-14(5-7-15)18(10-2-1-3-11-18)17(22)21-12-8-16(20)9-13-21;/h4-7,16H,1-3,8-13,20H2;1H. The normalized spacial score (nSPS) is 21.6. The van der Waals surface area contributed by atoms with Crippen molar-refractivity contribution < 1.29 is 4.79 Å². The number of halogens is 2. The Kier molecular flexibility index (Phi) is 6.35. The third-order valence-corrected chi connectivity index (χ3v) is 5.59. The summed E-state index contributed by atoms with van der Waals surface area (Å²) in [6.07, 6.45) is 7.23. The van der Waals surface area contributed by atoms with Crippen molar-refractivity contribution in [2.45, 2.75) is 56.4 Å². The SMILES string of the molecule is Cl.NC1CCN(C(=O)C2(c3ccc(Cl)cc3)CCCCC2)CC1. The van der Waals surface area contributed by atoms with Crippen LogP contribution in [0.1, 0.15) is 50.5 Å². The van der Waals surface area contributed by atoms with Gasteiger partial charge in [-0.1, -0.05) is 43.0 Å². The summed E-state index contributed by atoms with van der Waals surface area (Å²) in [4.78, 5) is 15.4. The number of hydrogen-bond donors (Lipinski definition) is 1. The van der Waals surface area contributed by atoms with Gasteiger partial charge in [-0.05, 0) is 43.4 Å². The predicted octanol–water partition coefficient (Wildman–Crippen LogP) is 3.91.